The van der Waals surface area contributed by atoms with E-state index in [2.05, 4.69) is 15.6 Å². The van der Waals surface area contributed by atoms with Gasteiger partial charge in [-0.3, -0.25) is 4.79 Å². The normalized spacial score (nSPS) is 12.1. The molecule has 1 amide bonds. The van der Waals surface area contributed by atoms with Gasteiger partial charge in [-0.1, -0.05) is 18.2 Å². The molecule has 1 atom stereocenters. The molecule has 2 rings (SSSR count). The van der Waals surface area contributed by atoms with Gasteiger partial charge in [0.1, 0.15) is 5.82 Å². The van der Waals surface area contributed by atoms with Gasteiger partial charge >= 0.3 is 0 Å². The first kappa shape index (κ1) is 15.6. The lowest BCUT2D eigenvalue weighted by molar-refractivity contribution is 0.0945. The number of hydrogen-bond acceptors (Lipinski definition) is 4. The summed E-state index contributed by atoms with van der Waals surface area (Å²) >= 11 is 1.72. The maximum Gasteiger partial charge on any atom is 0.252 e. The third kappa shape index (κ3) is 3.88. The topological polar surface area (TPSA) is 54.0 Å². The lowest BCUT2D eigenvalue weighted by atomic mass is 10.1. The highest BCUT2D eigenvalue weighted by atomic mass is 32.2. The predicted molar refractivity (Wildman–Crippen MR) is 91.2 cm³/mol. The van der Waals surface area contributed by atoms with E-state index in [0.29, 0.717) is 5.56 Å². The summed E-state index contributed by atoms with van der Waals surface area (Å²) in [5, 5.41) is 7.10. The first-order valence-corrected chi connectivity index (χ1v) is 8.48. The second-order valence-corrected chi connectivity index (χ2v) is 5.84. The van der Waals surface area contributed by atoms with Crippen molar-refractivity contribution in [1.29, 1.82) is 0 Å². The summed E-state index contributed by atoms with van der Waals surface area (Å²) in [5.41, 5.74) is 1.50. The summed E-state index contributed by atoms with van der Waals surface area (Å²) in [7, 11) is 0. The van der Waals surface area contributed by atoms with Gasteiger partial charge in [0.05, 0.1) is 11.1 Å². The molecule has 112 valence electrons. The molecule has 21 heavy (non-hydrogen) atoms. The summed E-state index contributed by atoms with van der Waals surface area (Å²) in [6, 6.07) is 9.70. The van der Waals surface area contributed by atoms with E-state index < -0.39 is 0 Å². The van der Waals surface area contributed by atoms with Gasteiger partial charge in [-0.25, -0.2) is 4.98 Å². The quantitative estimate of drug-likeness (QED) is 0.861. The molecule has 0 radical (unpaired) electrons. The summed E-state index contributed by atoms with van der Waals surface area (Å²) in [6.45, 7) is 4.80. The van der Waals surface area contributed by atoms with E-state index in [0.717, 1.165) is 29.0 Å². The monoisotopic (exact) mass is 303 g/mol. The molecular weight excluding hydrogens is 282 g/mol. The molecule has 0 spiro atoms. The Kier molecular flexibility index (Phi) is 5.44. The lowest BCUT2D eigenvalue weighted by Crippen LogP contribution is -2.34. The number of carbonyl (C=O) groups excluding carboxylic acids is 1. The van der Waals surface area contributed by atoms with Crippen LogP contribution in [0.3, 0.4) is 0 Å². The highest BCUT2D eigenvalue weighted by molar-refractivity contribution is 7.98. The van der Waals surface area contributed by atoms with Gasteiger partial charge in [-0.05, 0) is 32.2 Å². The van der Waals surface area contributed by atoms with Gasteiger partial charge in [0.25, 0.3) is 5.91 Å². The number of rotatable bonds is 6. The van der Waals surface area contributed by atoms with E-state index in [4.69, 9.17) is 0 Å². The van der Waals surface area contributed by atoms with E-state index in [1.54, 1.807) is 11.8 Å². The fourth-order valence-electron chi connectivity index (χ4n) is 2.23. The van der Waals surface area contributed by atoms with Crippen LogP contribution in [-0.2, 0) is 0 Å². The van der Waals surface area contributed by atoms with Crippen LogP contribution in [-0.4, -0.2) is 35.5 Å². The number of anilines is 1. The van der Waals surface area contributed by atoms with Crippen LogP contribution in [0.1, 0.15) is 24.2 Å². The van der Waals surface area contributed by atoms with Gasteiger partial charge in [-0.15, -0.1) is 0 Å². The summed E-state index contributed by atoms with van der Waals surface area (Å²) in [4.78, 5) is 17.1. The van der Waals surface area contributed by atoms with Crippen molar-refractivity contribution in [3.05, 3.63) is 35.9 Å². The van der Waals surface area contributed by atoms with E-state index in [1.165, 1.54) is 0 Å². The molecule has 2 N–H and O–H groups in total. The highest BCUT2D eigenvalue weighted by Crippen LogP contribution is 2.21. The summed E-state index contributed by atoms with van der Waals surface area (Å²) in [6.07, 6.45) is 2.04. The number of nitrogens with zero attached hydrogens (tertiary/aromatic N) is 1. The van der Waals surface area contributed by atoms with Crippen LogP contribution >= 0.6 is 11.8 Å². The van der Waals surface area contributed by atoms with Crippen LogP contribution in [0.5, 0.6) is 0 Å². The fourth-order valence-corrected chi connectivity index (χ4v) is 2.81. The minimum absolute atomic E-state index is 0.0469. The molecule has 4 nitrogen and oxygen atoms in total. The molecule has 0 aliphatic carbocycles. The van der Waals surface area contributed by atoms with Gasteiger partial charge in [0.2, 0.25) is 0 Å². The number of para-hydroxylation sites is 1. The molecule has 0 aliphatic heterocycles. The van der Waals surface area contributed by atoms with Gasteiger partial charge in [0, 0.05) is 23.7 Å². The predicted octanol–water partition coefficient (Wildman–Crippen LogP) is 3.15. The first-order chi connectivity index (χ1) is 10.2. The Morgan fingerprint density at radius 2 is 2.14 bits per heavy atom. The largest absolute Gasteiger partial charge is 0.370 e. The minimum atomic E-state index is -0.0469. The number of hydrogen-bond donors (Lipinski definition) is 2. The molecule has 1 aromatic heterocycles. The molecule has 0 fully saturated rings. The van der Waals surface area contributed by atoms with Gasteiger partial charge in [0.15, 0.2) is 0 Å². The zero-order valence-corrected chi connectivity index (χ0v) is 13.5. The van der Waals surface area contributed by atoms with Gasteiger partial charge in [-0.2, -0.15) is 11.8 Å². The molecule has 2 aromatic rings. The Balaban J connectivity index is 2.38. The SMILES string of the molecule is CCNc1cc(C(=O)NC(C)CSC)c2ccccc2n1. The summed E-state index contributed by atoms with van der Waals surface area (Å²) < 4.78 is 0. The van der Waals surface area contributed by atoms with Crippen LogP contribution in [0.15, 0.2) is 30.3 Å². The third-order valence-corrected chi connectivity index (χ3v) is 3.95. The standard InChI is InChI=1S/C16H21N3OS/c1-4-17-15-9-13(16(20)18-11(2)10-21-3)12-7-5-6-8-14(12)19-15/h5-9,11H,4,10H2,1-3H3,(H,17,19)(H,18,20). The van der Waals surface area contributed by atoms with Crippen molar-refractivity contribution in [3.8, 4) is 0 Å². The van der Waals surface area contributed by atoms with Crippen molar-refractivity contribution in [3.63, 3.8) is 0 Å². The molecule has 0 aliphatic rings. The van der Waals surface area contributed by atoms with Gasteiger partial charge < -0.3 is 10.6 Å². The highest BCUT2D eigenvalue weighted by Gasteiger charge is 2.14. The zero-order valence-electron chi connectivity index (χ0n) is 12.6. The van der Waals surface area contributed by atoms with Crippen LogP contribution < -0.4 is 10.6 Å². The molecule has 0 bridgehead atoms. The first-order valence-electron chi connectivity index (χ1n) is 7.09. The Morgan fingerprint density at radius 3 is 2.86 bits per heavy atom. The van der Waals surface area contributed by atoms with Crippen molar-refractivity contribution in [1.82, 2.24) is 10.3 Å². The van der Waals surface area contributed by atoms with Crippen molar-refractivity contribution >= 4 is 34.4 Å². The third-order valence-electron chi connectivity index (χ3n) is 3.11. The number of aromatic nitrogens is 1. The van der Waals surface area contributed by atoms with Crippen LogP contribution in [0.2, 0.25) is 0 Å². The number of pyridine rings is 1. The average Bonchev–Trinajstić information content (AvgIpc) is 2.47. The molecule has 5 heteroatoms. The summed E-state index contributed by atoms with van der Waals surface area (Å²) in [5.74, 6) is 1.59. The number of fused-ring (bicyclic) bond motifs is 1. The molecule has 1 unspecified atom stereocenters. The van der Waals surface area contributed by atoms with E-state index >= 15 is 0 Å². The second kappa shape index (κ2) is 7.31. The average molecular weight is 303 g/mol. The number of benzene rings is 1. The molecule has 1 heterocycles. The molecular formula is C16H21N3OS. The van der Waals surface area contributed by atoms with Crippen molar-refractivity contribution in [2.24, 2.45) is 0 Å². The van der Waals surface area contributed by atoms with E-state index in [1.807, 2.05) is 50.4 Å². The second-order valence-electron chi connectivity index (χ2n) is 4.93. The zero-order chi connectivity index (χ0) is 15.2. The van der Waals surface area contributed by atoms with Crippen molar-refractivity contribution in [2.75, 3.05) is 23.9 Å². The smallest absolute Gasteiger partial charge is 0.252 e. The molecule has 0 saturated heterocycles. The maximum atomic E-state index is 12.5. The Morgan fingerprint density at radius 1 is 1.38 bits per heavy atom. The van der Waals surface area contributed by atoms with E-state index in [9.17, 15) is 4.79 Å². The Labute approximate surface area is 129 Å². The molecule has 1 aromatic carbocycles. The Bertz CT molecular complexity index is 630. The maximum absolute atomic E-state index is 12.5. The fraction of sp³-hybridized carbons (Fsp3) is 0.375. The van der Waals surface area contributed by atoms with Crippen molar-refractivity contribution in [2.45, 2.75) is 19.9 Å². The van der Waals surface area contributed by atoms with Crippen LogP contribution in [0, 0.1) is 0 Å². The van der Waals surface area contributed by atoms with Crippen LogP contribution in [0.4, 0.5) is 5.82 Å². The number of amides is 1. The molecule has 0 saturated carbocycles. The van der Waals surface area contributed by atoms with E-state index in [-0.39, 0.29) is 11.9 Å². The number of thioether (sulfide) groups is 1. The van der Waals surface area contributed by atoms with Crippen molar-refractivity contribution < 1.29 is 4.79 Å². The lowest BCUT2D eigenvalue weighted by Gasteiger charge is -2.14. The van der Waals surface area contributed by atoms with Crippen LogP contribution in [0.25, 0.3) is 10.9 Å². The Hall–Kier alpha value is -1.75. The number of nitrogens with one attached hydrogen (secondary N) is 2. The number of carbonyl (C=O) groups is 1. The minimum Gasteiger partial charge on any atom is -0.370 e.